The number of piperidine rings is 1. The molecule has 1 unspecified atom stereocenters. The second-order valence-electron chi connectivity index (χ2n) is 3.85. The summed E-state index contributed by atoms with van der Waals surface area (Å²) in [6, 6.07) is 5.76. The van der Waals surface area contributed by atoms with Crippen LogP contribution in [-0.4, -0.2) is 19.0 Å². The fourth-order valence-corrected chi connectivity index (χ4v) is 3.31. The van der Waals surface area contributed by atoms with Crippen molar-refractivity contribution in [1.29, 1.82) is 0 Å². The quantitative estimate of drug-likeness (QED) is 0.895. The van der Waals surface area contributed by atoms with Crippen molar-refractivity contribution in [3.63, 3.8) is 0 Å². The van der Waals surface area contributed by atoms with Gasteiger partial charge in [0.1, 0.15) is 5.75 Å². The molecule has 0 bridgehead atoms. The highest BCUT2D eigenvalue weighted by molar-refractivity contribution is 8.00. The van der Waals surface area contributed by atoms with Crippen LogP contribution in [0.3, 0.4) is 0 Å². The summed E-state index contributed by atoms with van der Waals surface area (Å²) in [5.41, 5.74) is 0. The first kappa shape index (κ1) is 12.1. The van der Waals surface area contributed by atoms with Crippen molar-refractivity contribution in [2.24, 2.45) is 0 Å². The molecular weight excluding hydrogens is 242 g/mol. The molecule has 1 aromatic carbocycles. The van der Waals surface area contributed by atoms with Crippen molar-refractivity contribution < 1.29 is 4.74 Å². The average Bonchev–Trinajstić information content (AvgIpc) is 2.31. The molecule has 0 aliphatic carbocycles. The highest BCUT2D eigenvalue weighted by Gasteiger charge is 2.16. The first-order valence-electron chi connectivity index (χ1n) is 5.53. The van der Waals surface area contributed by atoms with Gasteiger partial charge in [0.25, 0.3) is 0 Å². The van der Waals surface area contributed by atoms with E-state index in [9.17, 15) is 0 Å². The number of halogens is 1. The van der Waals surface area contributed by atoms with E-state index < -0.39 is 0 Å². The molecular formula is C12H16ClNOS. The van der Waals surface area contributed by atoms with Crippen molar-refractivity contribution in [3.8, 4) is 5.75 Å². The van der Waals surface area contributed by atoms with E-state index >= 15 is 0 Å². The summed E-state index contributed by atoms with van der Waals surface area (Å²) < 4.78 is 5.33. The molecule has 0 aromatic heterocycles. The second-order valence-corrected chi connectivity index (χ2v) is 5.53. The maximum Gasteiger partial charge on any atom is 0.132 e. The number of ether oxygens (including phenoxy) is 1. The topological polar surface area (TPSA) is 21.3 Å². The molecule has 0 radical (unpaired) electrons. The maximum absolute atomic E-state index is 6.00. The SMILES string of the molecule is COc1ccc(Cl)cc1SC1CCCCN1. The van der Waals surface area contributed by atoms with Gasteiger partial charge in [-0.1, -0.05) is 11.6 Å². The van der Waals surface area contributed by atoms with E-state index in [0.717, 1.165) is 22.2 Å². The third-order valence-corrected chi connectivity index (χ3v) is 4.15. The third-order valence-electron chi connectivity index (χ3n) is 2.66. The van der Waals surface area contributed by atoms with Gasteiger partial charge in [-0.15, -0.1) is 11.8 Å². The zero-order valence-corrected chi connectivity index (χ0v) is 10.9. The monoisotopic (exact) mass is 257 g/mol. The fourth-order valence-electron chi connectivity index (χ4n) is 1.82. The first-order valence-corrected chi connectivity index (χ1v) is 6.79. The number of thioether (sulfide) groups is 1. The molecule has 0 saturated carbocycles. The minimum Gasteiger partial charge on any atom is -0.496 e. The van der Waals surface area contributed by atoms with Gasteiger partial charge in [-0.05, 0) is 44.0 Å². The Labute approximate surface area is 106 Å². The highest BCUT2D eigenvalue weighted by Crippen LogP contribution is 2.35. The van der Waals surface area contributed by atoms with E-state index in [2.05, 4.69) is 5.32 Å². The zero-order valence-electron chi connectivity index (χ0n) is 9.33. The number of rotatable bonds is 3. The Morgan fingerprint density at radius 1 is 1.44 bits per heavy atom. The molecule has 4 heteroatoms. The summed E-state index contributed by atoms with van der Waals surface area (Å²) >= 11 is 7.81. The molecule has 1 fully saturated rings. The Bertz CT molecular complexity index is 353. The van der Waals surface area contributed by atoms with Gasteiger partial charge >= 0.3 is 0 Å². The predicted molar refractivity (Wildman–Crippen MR) is 69.5 cm³/mol. The third kappa shape index (κ3) is 3.06. The molecule has 1 aromatic rings. The van der Waals surface area contributed by atoms with Crippen LogP contribution in [0.1, 0.15) is 19.3 Å². The zero-order chi connectivity index (χ0) is 11.4. The summed E-state index contributed by atoms with van der Waals surface area (Å²) in [6.45, 7) is 1.11. The van der Waals surface area contributed by atoms with Crippen molar-refractivity contribution in [3.05, 3.63) is 23.2 Å². The summed E-state index contributed by atoms with van der Waals surface area (Å²) in [4.78, 5) is 1.12. The van der Waals surface area contributed by atoms with Crippen LogP contribution < -0.4 is 10.1 Å². The predicted octanol–water partition coefficient (Wildman–Crippen LogP) is 3.54. The van der Waals surface area contributed by atoms with E-state index in [1.807, 2.05) is 30.0 Å². The molecule has 88 valence electrons. The summed E-state index contributed by atoms with van der Waals surface area (Å²) in [5.74, 6) is 0.904. The summed E-state index contributed by atoms with van der Waals surface area (Å²) in [7, 11) is 1.70. The van der Waals surface area contributed by atoms with Crippen LogP contribution in [0.15, 0.2) is 23.1 Å². The lowest BCUT2D eigenvalue weighted by Crippen LogP contribution is -2.31. The van der Waals surface area contributed by atoms with Crippen LogP contribution in [0.4, 0.5) is 0 Å². The number of benzene rings is 1. The van der Waals surface area contributed by atoms with Gasteiger partial charge in [-0.3, -0.25) is 0 Å². The number of nitrogens with one attached hydrogen (secondary N) is 1. The van der Waals surface area contributed by atoms with Gasteiger partial charge in [-0.2, -0.15) is 0 Å². The van der Waals surface area contributed by atoms with Crippen LogP contribution in [0, 0.1) is 0 Å². The summed E-state index contributed by atoms with van der Waals surface area (Å²) in [5, 5.41) is 4.75. The van der Waals surface area contributed by atoms with Crippen molar-refractivity contribution in [1.82, 2.24) is 5.32 Å². The lowest BCUT2D eigenvalue weighted by Gasteiger charge is -2.23. The van der Waals surface area contributed by atoms with Gasteiger partial charge in [0.15, 0.2) is 0 Å². The molecule has 2 nitrogen and oxygen atoms in total. The van der Waals surface area contributed by atoms with E-state index in [1.165, 1.54) is 19.3 Å². The molecule has 1 saturated heterocycles. The Morgan fingerprint density at radius 2 is 2.31 bits per heavy atom. The molecule has 0 spiro atoms. The lowest BCUT2D eigenvalue weighted by molar-refractivity contribution is 0.404. The summed E-state index contributed by atoms with van der Waals surface area (Å²) in [6.07, 6.45) is 3.79. The Balaban J connectivity index is 2.09. The van der Waals surface area contributed by atoms with Crippen LogP contribution in [0.25, 0.3) is 0 Å². The molecule has 2 rings (SSSR count). The number of hydrogen-bond acceptors (Lipinski definition) is 3. The van der Waals surface area contributed by atoms with Crippen LogP contribution >= 0.6 is 23.4 Å². The number of hydrogen-bond donors (Lipinski definition) is 1. The van der Waals surface area contributed by atoms with Crippen LogP contribution in [0.5, 0.6) is 5.75 Å². The van der Waals surface area contributed by atoms with Crippen LogP contribution in [0.2, 0.25) is 5.02 Å². The van der Waals surface area contributed by atoms with E-state index in [-0.39, 0.29) is 0 Å². The molecule has 1 aliphatic heterocycles. The van der Waals surface area contributed by atoms with Crippen LogP contribution in [-0.2, 0) is 0 Å². The van der Waals surface area contributed by atoms with E-state index in [1.54, 1.807) is 7.11 Å². The lowest BCUT2D eigenvalue weighted by atomic mass is 10.2. The normalized spacial score (nSPS) is 20.8. The molecule has 16 heavy (non-hydrogen) atoms. The van der Waals surface area contributed by atoms with Gasteiger partial charge in [0.2, 0.25) is 0 Å². The number of methoxy groups -OCH3 is 1. The van der Waals surface area contributed by atoms with Gasteiger partial charge in [0, 0.05) is 5.02 Å². The Kier molecular flexibility index (Phi) is 4.38. The van der Waals surface area contributed by atoms with Gasteiger partial charge in [0.05, 0.1) is 17.4 Å². The molecule has 1 N–H and O–H groups in total. The minimum atomic E-state index is 0.487. The minimum absolute atomic E-state index is 0.487. The fraction of sp³-hybridized carbons (Fsp3) is 0.500. The maximum atomic E-state index is 6.00. The first-order chi connectivity index (χ1) is 7.79. The Hall–Kier alpha value is -0.380. The van der Waals surface area contributed by atoms with Gasteiger partial charge in [-0.25, -0.2) is 0 Å². The largest absolute Gasteiger partial charge is 0.496 e. The molecule has 0 amide bonds. The molecule has 1 atom stereocenters. The highest BCUT2D eigenvalue weighted by atomic mass is 35.5. The van der Waals surface area contributed by atoms with Crippen molar-refractivity contribution in [2.75, 3.05) is 13.7 Å². The van der Waals surface area contributed by atoms with E-state index in [4.69, 9.17) is 16.3 Å². The molecule has 1 heterocycles. The molecule has 1 aliphatic rings. The Morgan fingerprint density at radius 3 is 3.00 bits per heavy atom. The van der Waals surface area contributed by atoms with Crippen molar-refractivity contribution >= 4 is 23.4 Å². The second kappa shape index (κ2) is 5.80. The standard InChI is InChI=1S/C12H16ClNOS/c1-15-10-6-5-9(13)8-11(10)16-12-4-2-3-7-14-12/h5-6,8,12,14H,2-4,7H2,1H3. The smallest absolute Gasteiger partial charge is 0.132 e. The average molecular weight is 258 g/mol. The van der Waals surface area contributed by atoms with Gasteiger partial charge < -0.3 is 10.1 Å². The van der Waals surface area contributed by atoms with Crippen molar-refractivity contribution in [2.45, 2.75) is 29.5 Å². The van der Waals surface area contributed by atoms with E-state index in [0.29, 0.717) is 5.37 Å².